The van der Waals surface area contributed by atoms with Gasteiger partial charge in [-0.05, 0) is 41.3 Å². The third-order valence-corrected chi connectivity index (χ3v) is 2.96. The molecule has 0 aliphatic carbocycles. The Morgan fingerprint density at radius 3 is 2.25 bits per heavy atom. The van der Waals surface area contributed by atoms with Crippen LogP contribution in [0.4, 0.5) is 5.69 Å². The first-order chi connectivity index (χ1) is 7.84. The van der Waals surface area contributed by atoms with E-state index in [9.17, 15) is 0 Å². The van der Waals surface area contributed by atoms with Crippen LogP contribution < -0.4 is 5.73 Å². The molecule has 0 unspecified atom stereocenters. The van der Waals surface area contributed by atoms with Crippen molar-refractivity contribution in [1.82, 2.24) is 0 Å². The molecule has 0 saturated carbocycles. The van der Waals surface area contributed by atoms with Gasteiger partial charge in [0.05, 0.1) is 0 Å². The lowest BCUT2D eigenvalue weighted by Gasteiger charge is -1.96. The van der Waals surface area contributed by atoms with E-state index in [2.05, 4.69) is 23.6 Å². The van der Waals surface area contributed by atoms with Gasteiger partial charge in [0.2, 0.25) is 0 Å². The average Bonchev–Trinajstić information content (AvgIpc) is 2.33. The summed E-state index contributed by atoms with van der Waals surface area (Å²) in [5.74, 6) is 0. The summed E-state index contributed by atoms with van der Waals surface area (Å²) in [6.45, 7) is 0. The average molecular weight is 227 g/mol. The fourth-order valence-electron chi connectivity index (χ4n) is 1.30. The van der Waals surface area contributed by atoms with E-state index in [1.54, 1.807) is 11.8 Å². The maximum absolute atomic E-state index is 5.62. The van der Waals surface area contributed by atoms with Crippen LogP contribution in [0.1, 0.15) is 5.56 Å². The Balaban J connectivity index is 1.97. The first-order valence-corrected chi connectivity index (χ1v) is 5.96. The van der Waals surface area contributed by atoms with E-state index in [0.29, 0.717) is 0 Å². The van der Waals surface area contributed by atoms with Crippen LogP contribution >= 0.6 is 11.8 Å². The lowest BCUT2D eigenvalue weighted by Crippen LogP contribution is -1.81. The molecule has 0 atom stereocenters. The molecule has 0 saturated heterocycles. The van der Waals surface area contributed by atoms with E-state index >= 15 is 0 Å². The van der Waals surface area contributed by atoms with Gasteiger partial charge in [-0.25, -0.2) is 0 Å². The van der Waals surface area contributed by atoms with Gasteiger partial charge in [-0.2, -0.15) is 0 Å². The highest BCUT2D eigenvalue weighted by atomic mass is 32.2. The van der Waals surface area contributed by atoms with Crippen LogP contribution in [0.25, 0.3) is 6.08 Å². The normalized spacial score (nSPS) is 10.8. The Hall–Kier alpha value is -1.67. The lowest BCUT2D eigenvalue weighted by molar-refractivity contribution is 1.47. The van der Waals surface area contributed by atoms with E-state index in [-0.39, 0.29) is 0 Å². The second-order valence-corrected chi connectivity index (χ2v) is 4.38. The van der Waals surface area contributed by atoms with Crippen LogP contribution in [-0.2, 0) is 0 Å². The Bertz CT molecular complexity index is 460. The SMILES string of the molecule is Nc1ccc(S/C=C/c2ccccc2)cc1. The summed E-state index contributed by atoms with van der Waals surface area (Å²) in [6.07, 6.45) is 2.10. The number of nitrogens with two attached hydrogens (primary N) is 1. The molecule has 16 heavy (non-hydrogen) atoms. The molecule has 80 valence electrons. The largest absolute Gasteiger partial charge is 0.399 e. The predicted molar refractivity (Wildman–Crippen MR) is 72.2 cm³/mol. The molecule has 0 aliphatic heterocycles. The summed E-state index contributed by atoms with van der Waals surface area (Å²) in [5, 5.41) is 2.08. The van der Waals surface area contributed by atoms with Gasteiger partial charge in [-0.3, -0.25) is 0 Å². The first-order valence-electron chi connectivity index (χ1n) is 5.08. The molecule has 0 aromatic heterocycles. The second-order valence-electron chi connectivity index (χ2n) is 3.40. The lowest BCUT2D eigenvalue weighted by atomic mass is 10.2. The molecule has 2 N–H and O–H groups in total. The van der Waals surface area contributed by atoms with Crippen LogP contribution in [0.3, 0.4) is 0 Å². The molecule has 2 rings (SSSR count). The minimum absolute atomic E-state index is 0.802. The quantitative estimate of drug-likeness (QED) is 0.632. The molecular weight excluding hydrogens is 214 g/mol. The van der Waals surface area contributed by atoms with E-state index in [4.69, 9.17) is 5.73 Å². The van der Waals surface area contributed by atoms with Crippen LogP contribution in [0.5, 0.6) is 0 Å². The Morgan fingerprint density at radius 2 is 1.56 bits per heavy atom. The molecule has 0 amide bonds. The Labute approximate surface area is 100.0 Å². The monoisotopic (exact) mass is 227 g/mol. The zero-order valence-electron chi connectivity index (χ0n) is 8.84. The smallest absolute Gasteiger partial charge is 0.0314 e. The van der Waals surface area contributed by atoms with Gasteiger partial charge < -0.3 is 5.73 Å². The standard InChI is InChI=1S/C14H13NS/c15-13-6-8-14(9-7-13)16-11-10-12-4-2-1-3-5-12/h1-11H,15H2/b11-10+. The van der Waals surface area contributed by atoms with E-state index in [1.165, 1.54) is 10.5 Å². The van der Waals surface area contributed by atoms with Crippen LogP contribution in [0.2, 0.25) is 0 Å². The molecule has 0 radical (unpaired) electrons. The van der Waals surface area contributed by atoms with Crippen LogP contribution in [0, 0.1) is 0 Å². The van der Waals surface area contributed by atoms with E-state index < -0.39 is 0 Å². The highest BCUT2D eigenvalue weighted by Gasteiger charge is 1.89. The summed E-state index contributed by atoms with van der Waals surface area (Å²) in [7, 11) is 0. The molecule has 0 spiro atoms. The second kappa shape index (κ2) is 5.42. The van der Waals surface area contributed by atoms with Crippen molar-refractivity contribution in [1.29, 1.82) is 0 Å². The van der Waals surface area contributed by atoms with Gasteiger partial charge in [-0.1, -0.05) is 42.1 Å². The molecule has 2 heteroatoms. The minimum atomic E-state index is 0.802. The minimum Gasteiger partial charge on any atom is -0.399 e. The number of nitrogen functional groups attached to an aromatic ring is 1. The highest BCUT2D eigenvalue weighted by Crippen LogP contribution is 2.21. The van der Waals surface area contributed by atoms with Gasteiger partial charge >= 0.3 is 0 Å². The van der Waals surface area contributed by atoms with Gasteiger partial charge in [0, 0.05) is 10.6 Å². The molecule has 1 nitrogen and oxygen atoms in total. The van der Waals surface area contributed by atoms with Gasteiger partial charge in [0.15, 0.2) is 0 Å². The first kappa shape index (κ1) is 10.8. The number of hydrogen-bond donors (Lipinski definition) is 1. The summed E-state index contributed by atoms with van der Waals surface area (Å²) < 4.78 is 0. The van der Waals surface area contributed by atoms with Crippen LogP contribution in [-0.4, -0.2) is 0 Å². The van der Waals surface area contributed by atoms with E-state index in [0.717, 1.165) is 5.69 Å². The zero-order valence-corrected chi connectivity index (χ0v) is 9.65. The number of hydrogen-bond acceptors (Lipinski definition) is 2. The zero-order chi connectivity index (χ0) is 11.2. The molecule has 0 fully saturated rings. The number of rotatable bonds is 3. The Kier molecular flexibility index (Phi) is 3.67. The molecular formula is C14H13NS. The van der Waals surface area contributed by atoms with Crippen molar-refractivity contribution in [2.45, 2.75) is 4.90 Å². The topological polar surface area (TPSA) is 26.0 Å². The Morgan fingerprint density at radius 1 is 0.875 bits per heavy atom. The maximum atomic E-state index is 5.62. The molecule has 0 heterocycles. The highest BCUT2D eigenvalue weighted by molar-refractivity contribution is 8.02. The fourth-order valence-corrected chi connectivity index (χ4v) is 1.98. The predicted octanol–water partition coefficient (Wildman–Crippen LogP) is 4.03. The van der Waals surface area contributed by atoms with Crippen LogP contribution in [0.15, 0.2) is 64.9 Å². The fraction of sp³-hybridized carbons (Fsp3) is 0. The van der Waals surface area contributed by atoms with Crippen molar-refractivity contribution in [3.63, 3.8) is 0 Å². The number of benzene rings is 2. The summed E-state index contributed by atoms with van der Waals surface area (Å²) in [5.41, 5.74) is 7.63. The number of anilines is 1. The van der Waals surface area contributed by atoms with Gasteiger partial charge in [0.25, 0.3) is 0 Å². The van der Waals surface area contributed by atoms with Crippen molar-refractivity contribution in [3.8, 4) is 0 Å². The molecule has 0 bridgehead atoms. The third kappa shape index (κ3) is 3.17. The molecule has 2 aromatic rings. The molecule has 0 aliphatic rings. The maximum Gasteiger partial charge on any atom is 0.0314 e. The van der Waals surface area contributed by atoms with Crippen molar-refractivity contribution < 1.29 is 0 Å². The summed E-state index contributed by atoms with van der Waals surface area (Å²) >= 11 is 1.69. The molecule has 2 aromatic carbocycles. The van der Waals surface area contributed by atoms with Gasteiger partial charge in [0.1, 0.15) is 0 Å². The van der Waals surface area contributed by atoms with Crippen molar-refractivity contribution in [3.05, 3.63) is 65.6 Å². The van der Waals surface area contributed by atoms with Crippen molar-refractivity contribution in [2.24, 2.45) is 0 Å². The summed E-state index contributed by atoms with van der Waals surface area (Å²) in [4.78, 5) is 1.20. The van der Waals surface area contributed by atoms with Crippen molar-refractivity contribution in [2.75, 3.05) is 5.73 Å². The van der Waals surface area contributed by atoms with E-state index in [1.807, 2.05) is 42.5 Å². The summed E-state index contributed by atoms with van der Waals surface area (Å²) in [6, 6.07) is 18.1. The third-order valence-electron chi connectivity index (χ3n) is 2.14. The van der Waals surface area contributed by atoms with Crippen molar-refractivity contribution >= 4 is 23.5 Å². The number of thioether (sulfide) groups is 1. The van der Waals surface area contributed by atoms with Gasteiger partial charge in [-0.15, -0.1) is 0 Å².